The summed E-state index contributed by atoms with van der Waals surface area (Å²) in [5, 5.41) is 18.8. The van der Waals surface area contributed by atoms with Gasteiger partial charge in [0.25, 0.3) is 0 Å². The van der Waals surface area contributed by atoms with Gasteiger partial charge in [-0.2, -0.15) is 0 Å². The molecule has 0 radical (unpaired) electrons. The van der Waals surface area contributed by atoms with Gasteiger partial charge in [0.05, 0.1) is 24.6 Å². The van der Waals surface area contributed by atoms with Crippen LogP contribution in [0.15, 0.2) is 18.6 Å². The van der Waals surface area contributed by atoms with Crippen LogP contribution in [0.2, 0.25) is 0 Å². The van der Waals surface area contributed by atoms with Crippen LogP contribution in [0, 0.1) is 0 Å². The fraction of sp³-hybridized carbons (Fsp3) is 0.455. The molecule has 18 heavy (non-hydrogen) atoms. The van der Waals surface area contributed by atoms with Gasteiger partial charge < -0.3 is 25.3 Å². The monoisotopic (exact) mass is 250 g/mol. The van der Waals surface area contributed by atoms with Crippen LogP contribution < -0.4 is 5.73 Å². The number of imidazole rings is 1. The lowest BCUT2D eigenvalue weighted by atomic mass is 10.2. The average Bonchev–Trinajstić information content (AvgIpc) is 2.93. The Kier molecular flexibility index (Phi) is 2.66. The van der Waals surface area contributed by atoms with Crippen molar-refractivity contribution >= 4 is 16.9 Å². The largest absolute Gasteiger partial charge is 0.394 e. The molecule has 4 N–H and O–H groups in total. The zero-order valence-electron chi connectivity index (χ0n) is 9.60. The average molecular weight is 250 g/mol. The second-order valence-corrected chi connectivity index (χ2v) is 4.33. The van der Waals surface area contributed by atoms with E-state index in [0.29, 0.717) is 17.8 Å². The maximum Gasteiger partial charge on any atom is 0.151 e. The van der Waals surface area contributed by atoms with Gasteiger partial charge in [-0.3, -0.25) is 0 Å². The first-order chi connectivity index (χ1) is 8.70. The molecule has 0 unspecified atom stereocenters. The van der Waals surface area contributed by atoms with Crippen LogP contribution in [-0.4, -0.2) is 43.6 Å². The van der Waals surface area contributed by atoms with E-state index in [1.54, 1.807) is 23.2 Å². The Balaban J connectivity index is 1.99. The van der Waals surface area contributed by atoms with Gasteiger partial charge >= 0.3 is 0 Å². The second kappa shape index (κ2) is 4.20. The number of nitrogen functional groups attached to an aromatic ring is 1. The molecular weight excluding hydrogens is 236 g/mol. The number of aromatic nitrogens is 3. The standard InChI is InChI=1S/C11H14N4O3/c12-11-10-6(1-2-13-11)15(5-14-10)9-3-7(17)8(4-16)18-9/h1-2,5,7-9,16-17H,3-4H2,(H2,12,13)/t7-,8+,9-/m0/s1. The van der Waals surface area contributed by atoms with Crippen LogP contribution in [0.3, 0.4) is 0 Å². The molecule has 0 aliphatic carbocycles. The number of nitrogens with zero attached hydrogens (tertiary/aromatic N) is 3. The first kappa shape index (κ1) is 11.4. The minimum absolute atomic E-state index is 0.200. The Morgan fingerprint density at radius 3 is 3.06 bits per heavy atom. The summed E-state index contributed by atoms with van der Waals surface area (Å²) in [5.74, 6) is 0.364. The van der Waals surface area contributed by atoms with E-state index in [0.717, 1.165) is 5.52 Å². The summed E-state index contributed by atoms with van der Waals surface area (Å²) in [7, 11) is 0. The molecule has 1 fully saturated rings. The Labute approximate surface area is 103 Å². The summed E-state index contributed by atoms with van der Waals surface area (Å²) in [5.41, 5.74) is 7.15. The van der Waals surface area contributed by atoms with Gasteiger partial charge in [0.15, 0.2) is 5.82 Å². The van der Waals surface area contributed by atoms with Crippen molar-refractivity contribution in [2.24, 2.45) is 0 Å². The van der Waals surface area contributed by atoms with Crippen molar-refractivity contribution in [2.75, 3.05) is 12.3 Å². The summed E-state index contributed by atoms with van der Waals surface area (Å²) in [6.07, 6.45) is 2.07. The Morgan fingerprint density at radius 1 is 1.50 bits per heavy atom. The number of aliphatic hydroxyl groups excluding tert-OH is 2. The molecule has 3 rings (SSSR count). The van der Waals surface area contributed by atoms with E-state index in [9.17, 15) is 5.11 Å². The molecule has 0 amide bonds. The maximum absolute atomic E-state index is 9.73. The fourth-order valence-electron chi connectivity index (χ4n) is 2.26. The van der Waals surface area contributed by atoms with Crippen LogP contribution >= 0.6 is 0 Å². The van der Waals surface area contributed by atoms with Crippen molar-refractivity contribution in [2.45, 2.75) is 24.9 Å². The van der Waals surface area contributed by atoms with E-state index < -0.39 is 12.2 Å². The number of hydrogen-bond donors (Lipinski definition) is 3. The summed E-state index contributed by atoms with van der Waals surface area (Å²) >= 11 is 0. The van der Waals surface area contributed by atoms with Crippen molar-refractivity contribution in [3.63, 3.8) is 0 Å². The highest BCUT2D eigenvalue weighted by molar-refractivity contribution is 5.84. The maximum atomic E-state index is 9.73. The third-order valence-corrected chi connectivity index (χ3v) is 3.22. The van der Waals surface area contributed by atoms with E-state index >= 15 is 0 Å². The van der Waals surface area contributed by atoms with Gasteiger partial charge in [-0.05, 0) is 6.07 Å². The number of rotatable bonds is 2. The highest BCUT2D eigenvalue weighted by Crippen LogP contribution is 2.31. The zero-order valence-corrected chi connectivity index (χ0v) is 9.60. The molecule has 96 valence electrons. The molecule has 1 saturated heterocycles. The van der Waals surface area contributed by atoms with Crippen molar-refractivity contribution in [3.8, 4) is 0 Å². The van der Waals surface area contributed by atoms with Crippen LogP contribution in [0.1, 0.15) is 12.6 Å². The smallest absolute Gasteiger partial charge is 0.151 e. The summed E-state index contributed by atoms with van der Waals surface area (Å²) in [6.45, 7) is -0.200. The Bertz CT molecular complexity index is 570. The third kappa shape index (κ3) is 1.64. The molecule has 0 saturated carbocycles. The van der Waals surface area contributed by atoms with Crippen LogP contribution in [0.4, 0.5) is 5.82 Å². The highest BCUT2D eigenvalue weighted by Gasteiger charge is 2.34. The van der Waals surface area contributed by atoms with Gasteiger partial charge in [-0.15, -0.1) is 0 Å². The molecule has 0 spiro atoms. The second-order valence-electron chi connectivity index (χ2n) is 4.33. The van der Waals surface area contributed by atoms with E-state index in [2.05, 4.69) is 9.97 Å². The minimum atomic E-state index is -0.670. The van der Waals surface area contributed by atoms with Crippen molar-refractivity contribution in [3.05, 3.63) is 18.6 Å². The molecule has 0 aromatic carbocycles. The number of ether oxygens (including phenoxy) is 1. The molecule has 1 aliphatic heterocycles. The van der Waals surface area contributed by atoms with Crippen LogP contribution in [0.5, 0.6) is 0 Å². The molecule has 2 aromatic heterocycles. The molecule has 0 bridgehead atoms. The lowest BCUT2D eigenvalue weighted by Crippen LogP contribution is -2.24. The number of hydrogen-bond acceptors (Lipinski definition) is 6. The van der Waals surface area contributed by atoms with Crippen molar-refractivity contribution in [1.82, 2.24) is 14.5 Å². The van der Waals surface area contributed by atoms with Crippen molar-refractivity contribution in [1.29, 1.82) is 0 Å². The topological polar surface area (TPSA) is 106 Å². The van der Waals surface area contributed by atoms with Crippen molar-refractivity contribution < 1.29 is 14.9 Å². The van der Waals surface area contributed by atoms with E-state index in [4.69, 9.17) is 15.6 Å². The van der Waals surface area contributed by atoms with E-state index in [1.165, 1.54) is 0 Å². The lowest BCUT2D eigenvalue weighted by Gasteiger charge is -2.14. The first-order valence-electron chi connectivity index (χ1n) is 5.72. The number of aliphatic hydroxyl groups is 2. The number of anilines is 1. The number of nitrogens with two attached hydrogens (primary N) is 1. The van der Waals surface area contributed by atoms with E-state index in [-0.39, 0.29) is 12.8 Å². The van der Waals surface area contributed by atoms with E-state index in [1.807, 2.05) is 0 Å². The molecular formula is C11H14N4O3. The van der Waals surface area contributed by atoms with Gasteiger partial charge in [-0.1, -0.05) is 0 Å². The first-order valence-corrected chi connectivity index (χ1v) is 5.72. The van der Waals surface area contributed by atoms with Gasteiger partial charge in [0.2, 0.25) is 0 Å². The lowest BCUT2D eigenvalue weighted by molar-refractivity contribution is -0.0430. The SMILES string of the molecule is Nc1nccc2c1ncn2[C@@H]1C[C@H](O)[C@@H](CO)O1. The number of pyridine rings is 1. The molecule has 2 aromatic rings. The molecule has 3 atom stereocenters. The Hall–Kier alpha value is -1.70. The summed E-state index contributed by atoms with van der Waals surface area (Å²) < 4.78 is 7.37. The van der Waals surface area contributed by atoms with Crippen LogP contribution in [-0.2, 0) is 4.74 Å². The quantitative estimate of drug-likeness (QED) is 0.673. The summed E-state index contributed by atoms with van der Waals surface area (Å²) in [6, 6.07) is 1.79. The predicted octanol–water partition coefficient (Wildman–Crippen LogP) is -0.346. The Morgan fingerprint density at radius 2 is 2.33 bits per heavy atom. The normalized spacial score (nSPS) is 28.0. The number of fused-ring (bicyclic) bond motifs is 1. The molecule has 7 nitrogen and oxygen atoms in total. The third-order valence-electron chi connectivity index (χ3n) is 3.22. The highest BCUT2D eigenvalue weighted by atomic mass is 16.5. The molecule has 7 heteroatoms. The zero-order chi connectivity index (χ0) is 12.7. The fourth-order valence-corrected chi connectivity index (χ4v) is 2.26. The minimum Gasteiger partial charge on any atom is -0.394 e. The van der Waals surface area contributed by atoms with Gasteiger partial charge in [0, 0.05) is 12.6 Å². The van der Waals surface area contributed by atoms with Gasteiger partial charge in [0.1, 0.15) is 17.8 Å². The summed E-state index contributed by atoms with van der Waals surface area (Å²) in [4.78, 5) is 8.16. The van der Waals surface area contributed by atoms with Gasteiger partial charge in [-0.25, -0.2) is 9.97 Å². The predicted molar refractivity (Wildman–Crippen MR) is 63.6 cm³/mol. The molecule has 3 heterocycles. The molecule has 1 aliphatic rings. The van der Waals surface area contributed by atoms with Crippen LogP contribution in [0.25, 0.3) is 11.0 Å².